The largest absolute Gasteiger partial charge is 0.378 e. The fourth-order valence-electron chi connectivity index (χ4n) is 6.34. The van der Waals surface area contributed by atoms with E-state index in [1.165, 1.54) is 89.9 Å². The second-order valence-electron chi connectivity index (χ2n) is 17.2. The Kier molecular flexibility index (Phi) is 25.5. The quantitative estimate of drug-likeness (QED) is 0.239. The van der Waals surface area contributed by atoms with Gasteiger partial charge in [0, 0.05) is 19.1 Å². The maximum Gasteiger partial charge on any atom is 0.154 e. The predicted molar refractivity (Wildman–Crippen MR) is 208 cm³/mol. The van der Waals surface area contributed by atoms with Crippen molar-refractivity contribution in [2.75, 3.05) is 26.4 Å². The van der Waals surface area contributed by atoms with Crippen LogP contribution in [0.3, 0.4) is 0 Å². The lowest BCUT2D eigenvalue weighted by Gasteiger charge is -2.24. The van der Waals surface area contributed by atoms with Gasteiger partial charge in [0.1, 0.15) is 0 Å². The minimum Gasteiger partial charge on any atom is -0.378 e. The molecule has 0 spiro atoms. The molecule has 0 aromatic rings. The fraction of sp³-hybridized carbons (Fsp3) is 0.909. The first-order valence-corrected chi connectivity index (χ1v) is 20.5. The van der Waals surface area contributed by atoms with Crippen LogP contribution >= 0.6 is 0 Å². The van der Waals surface area contributed by atoms with Gasteiger partial charge in [0.15, 0.2) is 6.29 Å². The molecule has 48 heavy (non-hydrogen) atoms. The second-order valence-corrected chi connectivity index (χ2v) is 17.2. The van der Waals surface area contributed by atoms with Crippen molar-refractivity contribution >= 4 is 0 Å². The monoisotopic (exact) mass is 677 g/mol. The zero-order valence-electron chi connectivity index (χ0n) is 34.3. The lowest BCUT2D eigenvalue weighted by Crippen LogP contribution is -2.27. The molecule has 0 radical (unpaired) electrons. The normalized spacial score (nSPS) is 36.4. The van der Waals surface area contributed by atoms with E-state index in [9.17, 15) is 0 Å². The first-order valence-electron chi connectivity index (χ1n) is 20.5. The zero-order valence-corrected chi connectivity index (χ0v) is 34.3. The summed E-state index contributed by atoms with van der Waals surface area (Å²) >= 11 is 0. The third kappa shape index (κ3) is 25.3. The fourth-order valence-corrected chi connectivity index (χ4v) is 6.34. The average molecular weight is 677 g/mol. The van der Waals surface area contributed by atoms with Crippen LogP contribution in [0.5, 0.6) is 0 Å². The third-order valence-electron chi connectivity index (χ3n) is 10.8. The lowest BCUT2D eigenvalue weighted by atomic mass is 9.84. The summed E-state index contributed by atoms with van der Waals surface area (Å²) in [5, 5.41) is 0. The predicted octanol–water partition coefficient (Wildman–Crippen LogP) is 13.0. The molecule has 0 aromatic carbocycles. The summed E-state index contributed by atoms with van der Waals surface area (Å²) in [6.07, 6.45) is 25.0. The molecule has 6 aliphatic rings. The highest BCUT2D eigenvalue weighted by atomic mass is 16.7. The SMILES string of the molecule is CC1=CCC(C)CC1.CC1=CCC(C)CC1.CC1CCC(C)CC1.CC1CCC(C)OC1.CC1CCC(C)OC1.CC1COC(C)OC1. The van der Waals surface area contributed by atoms with Crippen molar-refractivity contribution in [2.45, 2.75) is 191 Å². The molecule has 6 atom stereocenters. The van der Waals surface area contributed by atoms with E-state index in [1.54, 1.807) is 11.1 Å². The first-order chi connectivity index (χ1) is 22.7. The van der Waals surface area contributed by atoms with Gasteiger partial charge in [0.25, 0.3) is 0 Å². The minimum atomic E-state index is 0.0196. The van der Waals surface area contributed by atoms with Crippen molar-refractivity contribution in [3.63, 3.8) is 0 Å². The molecule has 1 saturated carbocycles. The van der Waals surface area contributed by atoms with Gasteiger partial charge in [0.05, 0.1) is 25.4 Å². The van der Waals surface area contributed by atoms with E-state index in [-0.39, 0.29) is 6.29 Å². The van der Waals surface area contributed by atoms with Gasteiger partial charge in [-0.25, -0.2) is 0 Å². The maximum atomic E-state index is 5.39. The minimum absolute atomic E-state index is 0.0196. The van der Waals surface area contributed by atoms with Crippen molar-refractivity contribution in [3.8, 4) is 0 Å². The van der Waals surface area contributed by atoms with E-state index >= 15 is 0 Å². The van der Waals surface area contributed by atoms with E-state index in [1.807, 2.05) is 6.92 Å². The Morgan fingerprint density at radius 3 is 0.938 bits per heavy atom. The van der Waals surface area contributed by atoms with Gasteiger partial charge in [-0.1, -0.05) is 97.4 Å². The van der Waals surface area contributed by atoms with Crippen LogP contribution < -0.4 is 0 Å². The van der Waals surface area contributed by atoms with Gasteiger partial charge in [0.2, 0.25) is 0 Å². The summed E-state index contributed by atoms with van der Waals surface area (Å²) in [6.45, 7) is 30.3. The average Bonchev–Trinajstić information content (AvgIpc) is 3.07. The Bertz CT molecular complexity index is 656. The van der Waals surface area contributed by atoms with E-state index < -0.39 is 0 Å². The Morgan fingerprint density at radius 2 is 0.708 bits per heavy atom. The van der Waals surface area contributed by atoms with Gasteiger partial charge in [-0.15, -0.1) is 0 Å². The van der Waals surface area contributed by atoms with Crippen molar-refractivity contribution in [3.05, 3.63) is 23.3 Å². The molecule has 4 fully saturated rings. The Hall–Kier alpha value is -0.680. The van der Waals surface area contributed by atoms with Crippen molar-refractivity contribution in [1.82, 2.24) is 0 Å². The third-order valence-corrected chi connectivity index (χ3v) is 10.8. The number of hydrogen-bond donors (Lipinski definition) is 0. The van der Waals surface area contributed by atoms with E-state index in [0.29, 0.717) is 18.1 Å². The summed E-state index contributed by atoms with van der Waals surface area (Å²) < 4.78 is 21.1. The number of hydrogen-bond acceptors (Lipinski definition) is 4. The molecule has 0 bridgehead atoms. The van der Waals surface area contributed by atoms with Crippen LogP contribution in [0.4, 0.5) is 0 Å². The topological polar surface area (TPSA) is 36.9 Å². The van der Waals surface area contributed by atoms with Crippen LogP contribution in [0.15, 0.2) is 23.3 Å². The Morgan fingerprint density at radius 1 is 0.375 bits per heavy atom. The van der Waals surface area contributed by atoms with Crippen molar-refractivity contribution in [2.24, 2.45) is 41.4 Å². The molecule has 4 heteroatoms. The van der Waals surface area contributed by atoms with Crippen LogP contribution in [0.2, 0.25) is 0 Å². The maximum absolute atomic E-state index is 5.39. The standard InChI is InChI=1S/C8H16.2C8H14.2C7H14O.C6H12O2/c3*1-7-3-5-8(2)6-4-7;2*1-6-3-4-7(2)8-5-6;1-5-3-7-6(2)8-4-5/h7-8H,3-6H2,1-2H3;2*3,8H,4-6H2,1-2H3;2*6-7H,3-5H2,1-2H3;5-6H,3-4H2,1-2H3. The molecule has 0 aromatic heterocycles. The summed E-state index contributed by atoms with van der Waals surface area (Å²) in [7, 11) is 0. The van der Waals surface area contributed by atoms with E-state index in [4.69, 9.17) is 18.9 Å². The molecule has 3 heterocycles. The highest BCUT2D eigenvalue weighted by Crippen LogP contribution is 2.27. The zero-order chi connectivity index (χ0) is 35.9. The summed E-state index contributed by atoms with van der Waals surface area (Å²) in [6, 6.07) is 0. The van der Waals surface area contributed by atoms with Crippen LogP contribution in [0.25, 0.3) is 0 Å². The molecule has 3 aliphatic heterocycles. The van der Waals surface area contributed by atoms with Gasteiger partial charge in [-0.3, -0.25) is 0 Å². The number of ether oxygens (including phenoxy) is 4. The molecule has 0 N–H and O–H groups in total. The lowest BCUT2D eigenvalue weighted by molar-refractivity contribution is -0.187. The molecule has 6 rings (SSSR count). The van der Waals surface area contributed by atoms with Gasteiger partial charge in [-0.05, 0) is 134 Å². The molecule has 3 aliphatic carbocycles. The molecule has 0 amide bonds. The van der Waals surface area contributed by atoms with E-state index in [2.05, 4.69) is 88.3 Å². The number of rotatable bonds is 0. The molecular formula is C44H84O4. The summed E-state index contributed by atoms with van der Waals surface area (Å²) in [4.78, 5) is 0. The van der Waals surface area contributed by atoms with Crippen molar-refractivity contribution < 1.29 is 18.9 Å². The Labute approximate surface area is 301 Å². The second kappa shape index (κ2) is 27.0. The molecule has 6 unspecified atom stereocenters. The smallest absolute Gasteiger partial charge is 0.154 e. The van der Waals surface area contributed by atoms with Crippen LogP contribution in [0.1, 0.15) is 173 Å². The highest BCUT2D eigenvalue weighted by Gasteiger charge is 2.16. The van der Waals surface area contributed by atoms with Gasteiger partial charge >= 0.3 is 0 Å². The van der Waals surface area contributed by atoms with Gasteiger partial charge in [-0.2, -0.15) is 0 Å². The summed E-state index contributed by atoms with van der Waals surface area (Å²) in [5.74, 6) is 6.10. The highest BCUT2D eigenvalue weighted by molar-refractivity contribution is 5.02. The number of allylic oxidation sites excluding steroid dienone is 4. The van der Waals surface area contributed by atoms with Gasteiger partial charge < -0.3 is 18.9 Å². The Balaban J connectivity index is 0.000000288. The molecular weight excluding hydrogens is 592 g/mol. The first kappa shape index (κ1) is 45.3. The van der Waals surface area contributed by atoms with E-state index in [0.717, 1.165) is 61.9 Å². The molecule has 284 valence electrons. The van der Waals surface area contributed by atoms with Crippen LogP contribution in [0, 0.1) is 41.4 Å². The van der Waals surface area contributed by atoms with Crippen LogP contribution in [-0.4, -0.2) is 44.9 Å². The van der Waals surface area contributed by atoms with Crippen LogP contribution in [-0.2, 0) is 18.9 Å². The van der Waals surface area contributed by atoms with Crippen molar-refractivity contribution in [1.29, 1.82) is 0 Å². The molecule has 3 saturated heterocycles. The molecule has 4 nitrogen and oxygen atoms in total. The summed E-state index contributed by atoms with van der Waals surface area (Å²) in [5.41, 5.74) is 3.17.